The zero-order valence-corrected chi connectivity index (χ0v) is 10.7. The van der Waals surface area contributed by atoms with Crippen LogP contribution in [0.15, 0.2) is 24.5 Å². The molecular formula is C13H18FNO3. The summed E-state index contributed by atoms with van der Waals surface area (Å²) in [5, 5.41) is 0. The van der Waals surface area contributed by atoms with Gasteiger partial charge in [0, 0.05) is 0 Å². The van der Waals surface area contributed by atoms with Crippen molar-refractivity contribution in [3.63, 3.8) is 0 Å². The molecule has 5 heteroatoms. The van der Waals surface area contributed by atoms with E-state index in [-0.39, 0.29) is 6.61 Å². The Balaban J connectivity index is 3.08. The van der Waals surface area contributed by atoms with Gasteiger partial charge in [0.1, 0.15) is 12.4 Å². The van der Waals surface area contributed by atoms with Crippen molar-refractivity contribution in [2.45, 2.75) is 6.42 Å². The molecule has 0 saturated carbocycles. The second-order valence-electron chi connectivity index (χ2n) is 3.67. The maximum Gasteiger partial charge on any atom is 0.203 e. The van der Waals surface area contributed by atoms with Crippen LogP contribution in [0.2, 0.25) is 0 Å². The molecule has 0 aliphatic rings. The molecule has 0 aromatic heterocycles. The molecular weight excluding hydrogens is 237 g/mol. The Kier molecular flexibility index (Phi) is 5.45. The molecule has 2 N–H and O–H groups in total. The van der Waals surface area contributed by atoms with E-state index in [1.165, 1.54) is 14.2 Å². The number of rotatable bonds is 7. The van der Waals surface area contributed by atoms with E-state index in [2.05, 4.69) is 6.58 Å². The minimum atomic E-state index is -0.565. The van der Waals surface area contributed by atoms with Gasteiger partial charge in [0.05, 0.1) is 14.2 Å². The van der Waals surface area contributed by atoms with Gasteiger partial charge in [0.2, 0.25) is 5.75 Å². The minimum Gasteiger partial charge on any atom is -0.493 e. The van der Waals surface area contributed by atoms with E-state index in [0.717, 1.165) is 5.56 Å². The lowest BCUT2D eigenvalue weighted by atomic mass is 10.1. The van der Waals surface area contributed by atoms with E-state index >= 15 is 0 Å². The van der Waals surface area contributed by atoms with Crippen LogP contribution in [-0.4, -0.2) is 27.4 Å². The summed E-state index contributed by atoms with van der Waals surface area (Å²) < 4.78 is 28.3. The van der Waals surface area contributed by atoms with Crippen LogP contribution in [0.4, 0.5) is 4.39 Å². The predicted octanol–water partition coefficient (Wildman–Crippen LogP) is 2.07. The summed E-state index contributed by atoms with van der Waals surface area (Å²) >= 11 is 0. The Morgan fingerprint density at radius 3 is 2.22 bits per heavy atom. The highest BCUT2D eigenvalue weighted by Gasteiger charge is 2.14. The van der Waals surface area contributed by atoms with Crippen LogP contribution in [0, 0.1) is 0 Å². The highest BCUT2D eigenvalue weighted by Crippen LogP contribution is 2.38. The first-order valence-electron chi connectivity index (χ1n) is 5.53. The fourth-order valence-corrected chi connectivity index (χ4v) is 1.54. The van der Waals surface area contributed by atoms with E-state index in [1.54, 1.807) is 12.1 Å². The highest BCUT2D eigenvalue weighted by atomic mass is 19.1. The average Bonchev–Trinajstić information content (AvgIpc) is 2.36. The Hall–Kier alpha value is -1.75. The van der Waals surface area contributed by atoms with Crippen molar-refractivity contribution in [3.8, 4) is 17.2 Å². The van der Waals surface area contributed by atoms with E-state index < -0.39 is 5.83 Å². The minimum absolute atomic E-state index is 0.233. The second kappa shape index (κ2) is 6.86. The third-order valence-corrected chi connectivity index (χ3v) is 2.33. The Morgan fingerprint density at radius 2 is 1.83 bits per heavy atom. The van der Waals surface area contributed by atoms with Crippen molar-refractivity contribution in [2.24, 2.45) is 5.73 Å². The van der Waals surface area contributed by atoms with Crippen LogP contribution in [0.5, 0.6) is 17.2 Å². The third kappa shape index (κ3) is 3.63. The zero-order chi connectivity index (χ0) is 13.5. The lowest BCUT2D eigenvalue weighted by molar-refractivity contribution is 0.278. The van der Waals surface area contributed by atoms with Crippen molar-refractivity contribution in [1.82, 2.24) is 0 Å². The van der Waals surface area contributed by atoms with Crippen molar-refractivity contribution in [1.29, 1.82) is 0 Å². The van der Waals surface area contributed by atoms with Crippen LogP contribution in [0.1, 0.15) is 5.56 Å². The Morgan fingerprint density at radius 1 is 1.28 bits per heavy atom. The maximum atomic E-state index is 12.6. The molecule has 0 aliphatic heterocycles. The molecule has 0 unspecified atom stereocenters. The summed E-state index contributed by atoms with van der Waals surface area (Å²) in [5.74, 6) is 0.766. The van der Waals surface area contributed by atoms with Crippen molar-refractivity contribution >= 4 is 0 Å². The van der Waals surface area contributed by atoms with Gasteiger partial charge in [-0.1, -0.05) is 6.58 Å². The lowest BCUT2D eigenvalue weighted by Crippen LogP contribution is -2.05. The van der Waals surface area contributed by atoms with Gasteiger partial charge < -0.3 is 19.9 Å². The van der Waals surface area contributed by atoms with E-state index in [4.69, 9.17) is 19.9 Å². The lowest BCUT2D eigenvalue weighted by Gasteiger charge is -2.15. The number of benzene rings is 1. The molecule has 0 amide bonds. The van der Waals surface area contributed by atoms with Crippen LogP contribution < -0.4 is 19.9 Å². The number of methoxy groups -OCH3 is 2. The molecule has 0 bridgehead atoms. The molecule has 1 aromatic carbocycles. The first-order chi connectivity index (χ1) is 8.62. The molecule has 1 aromatic rings. The van der Waals surface area contributed by atoms with Gasteiger partial charge in [-0.15, -0.1) is 0 Å². The van der Waals surface area contributed by atoms with Gasteiger partial charge in [-0.05, 0) is 30.7 Å². The standard InChI is InChI=1S/C13H18FNO3/c1-9(14)8-18-13-11(16-2)6-10(4-5-15)7-12(13)17-3/h6-7H,1,4-5,8,15H2,2-3H3. The monoisotopic (exact) mass is 255 g/mol. The molecule has 0 atom stereocenters. The van der Waals surface area contributed by atoms with E-state index in [1.807, 2.05) is 0 Å². The smallest absolute Gasteiger partial charge is 0.203 e. The summed E-state index contributed by atoms with van der Waals surface area (Å²) in [5.41, 5.74) is 6.48. The number of nitrogens with two attached hydrogens (primary N) is 1. The molecule has 0 radical (unpaired) electrons. The summed E-state index contributed by atoms with van der Waals surface area (Å²) in [6.07, 6.45) is 0.697. The first-order valence-corrected chi connectivity index (χ1v) is 5.53. The normalized spacial score (nSPS) is 10.0. The van der Waals surface area contributed by atoms with Crippen molar-refractivity contribution in [3.05, 3.63) is 30.1 Å². The van der Waals surface area contributed by atoms with Crippen LogP contribution >= 0.6 is 0 Å². The van der Waals surface area contributed by atoms with Gasteiger partial charge in [-0.25, -0.2) is 4.39 Å². The zero-order valence-electron chi connectivity index (χ0n) is 10.7. The van der Waals surface area contributed by atoms with Crippen LogP contribution in [0.25, 0.3) is 0 Å². The summed E-state index contributed by atoms with van der Waals surface area (Å²) in [7, 11) is 3.02. The molecule has 0 fully saturated rings. The number of hydrogen-bond acceptors (Lipinski definition) is 4. The topological polar surface area (TPSA) is 53.7 Å². The molecule has 0 heterocycles. The van der Waals surface area contributed by atoms with Crippen molar-refractivity contribution < 1.29 is 18.6 Å². The number of halogens is 1. The SMILES string of the molecule is C=C(F)COc1c(OC)cc(CCN)cc1OC. The Bertz CT molecular complexity index is 396. The quantitative estimate of drug-likeness (QED) is 0.810. The number of hydrogen-bond donors (Lipinski definition) is 1. The largest absolute Gasteiger partial charge is 0.493 e. The van der Waals surface area contributed by atoms with Crippen molar-refractivity contribution in [2.75, 3.05) is 27.4 Å². The van der Waals surface area contributed by atoms with Crippen LogP contribution in [-0.2, 0) is 6.42 Å². The molecule has 0 saturated heterocycles. The van der Waals surface area contributed by atoms with E-state index in [9.17, 15) is 4.39 Å². The average molecular weight is 255 g/mol. The number of ether oxygens (including phenoxy) is 3. The molecule has 4 nitrogen and oxygen atoms in total. The predicted molar refractivity (Wildman–Crippen MR) is 68.0 cm³/mol. The Labute approximate surface area is 106 Å². The molecule has 0 aliphatic carbocycles. The second-order valence-corrected chi connectivity index (χ2v) is 3.67. The van der Waals surface area contributed by atoms with Crippen LogP contribution in [0.3, 0.4) is 0 Å². The highest BCUT2D eigenvalue weighted by molar-refractivity contribution is 5.54. The fourth-order valence-electron chi connectivity index (χ4n) is 1.54. The molecule has 0 spiro atoms. The van der Waals surface area contributed by atoms with Gasteiger partial charge in [0.15, 0.2) is 11.5 Å². The summed E-state index contributed by atoms with van der Waals surface area (Å²) in [4.78, 5) is 0. The molecule has 1 rings (SSSR count). The third-order valence-electron chi connectivity index (χ3n) is 2.33. The molecule has 100 valence electrons. The maximum absolute atomic E-state index is 12.6. The van der Waals surface area contributed by atoms with E-state index in [0.29, 0.717) is 30.2 Å². The van der Waals surface area contributed by atoms with Gasteiger partial charge >= 0.3 is 0 Å². The molecule has 18 heavy (non-hydrogen) atoms. The summed E-state index contributed by atoms with van der Waals surface area (Å²) in [6.45, 7) is 3.43. The first kappa shape index (κ1) is 14.3. The summed E-state index contributed by atoms with van der Waals surface area (Å²) in [6, 6.07) is 3.59. The van der Waals surface area contributed by atoms with Gasteiger partial charge in [-0.2, -0.15) is 0 Å². The fraction of sp³-hybridized carbons (Fsp3) is 0.385. The van der Waals surface area contributed by atoms with Gasteiger partial charge in [-0.3, -0.25) is 0 Å². The van der Waals surface area contributed by atoms with Gasteiger partial charge in [0.25, 0.3) is 0 Å².